The molecule has 4 aliphatic rings. The van der Waals surface area contributed by atoms with Crippen molar-refractivity contribution >= 4 is 27.9 Å². The number of cyclic esters (lactones) is 1. The highest BCUT2D eigenvalue weighted by Gasteiger charge is 2.58. The molecule has 4 nitrogen and oxygen atoms in total. The summed E-state index contributed by atoms with van der Waals surface area (Å²) in [6, 6.07) is 0. The molecule has 0 aromatic carbocycles. The molecule has 3 aliphatic heterocycles. The highest BCUT2D eigenvalue weighted by molar-refractivity contribution is 9.11. The first-order chi connectivity index (χ1) is 8.63. The van der Waals surface area contributed by atoms with Gasteiger partial charge in [0.05, 0.1) is 12.5 Å². The highest BCUT2D eigenvalue weighted by atomic mass is 79.9. The van der Waals surface area contributed by atoms with E-state index >= 15 is 0 Å². The van der Waals surface area contributed by atoms with Crippen molar-refractivity contribution < 1.29 is 19.1 Å². The van der Waals surface area contributed by atoms with Crippen LogP contribution in [0.3, 0.4) is 0 Å². The molecule has 4 rings (SSSR count). The second-order valence-electron chi connectivity index (χ2n) is 4.65. The maximum atomic E-state index is 12.1. The van der Waals surface area contributed by atoms with E-state index in [1.165, 1.54) is 0 Å². The van der Waals surface area contributed by atoms with Crippen LogP contribution >= 0.6 is 15.9 Å². The number of fused-ring (bicyclic) bond motifs is 1. The number of hydrogen-bond donors (Lipinski definition) is 0. The molecule has 0 aromatic rings. The van der Waals surface area contributed by atoms with Gasteiger partial charge in [0, 0.05) is 17.3 Å². The maximum absolute atomic E-state index is 12.1. The fourth-order valence-corrected chi connectivity index (χ4v) is 3.20. The van der Waals surface area contributed by atoms with E-state index in [9.17, 15) is 9.59 Å². The normalized spacial score (nSPS) is 37.9. The van der Waals surface area contributed by atoms with Gasteiger partial charge >= 0.3 is 11.9 Å². The van der Waals surface area contributed by atoms with Crippen LogP contribution in [0.5, 0.6) is 0 Å². The van der Waals surface area contributed by atoms with Crippen LogP contribution in [0.4, 0.5) is 0 Å². The highest BCUT2D eigenvalue weighted by Crippen LogP contribution is 2.48. The topological polar surface area (TPSA) is 52.6 Å². The Kier molecular flexibility index (Phi) is 2.70. The smallest absolute Gasteiger partial charge is 0.329 e. The summed E-state index contributed by atoms with van der Waals surface area (Å²) < 4.78 is 11.3. The van der Waals surface area contributed by atoms with E-state index in [-0.39, 0.29) is 12.1 Å². The molecule has 0 unspecified atom stereocenters. The zero-order chi connectivity index (χ0) is 12.8. The quantitative estimate of drug-likeness (QED) is 0.503. The number of halogens is 1. The van der Waals surface area contributed by atoms with Crippen LogP contribution in [-0.2, 0) is 19.1 Å². The fraction of sp³-hybridized carbons (Fsp3) is 0.538. The van der Waals surface area contributed by atoms with Crippen LogP contribution in [0.1, 0.15) is 19.3 Å². The summed E-state index contributed by atoms with van der Waals surface area (Å²) in [5, 5.41) is 0. The molecule has 1 fully saturated rings. The van der Waals surface area contributed by atoms with Crippen molar-refractivity contribution in [3.63, 3.8) is 0 Å². The molecule has 5 heteroatoms. The van der Waals surface area contributed by atoms with Gasteiger partial charge in [0.1, 0.15) is 6.10 Å². The lowest BCUT2D eigenvalue weighted by Gasteiger charge is -2.43. The summed E-state index contributed by atoms with van der Waals surface area (Å²) in [5.74, 6) is 4.59. The van der Waals surface area contributed by atoms with Crippen LogP contribution < -0.4 is 0 Å². The van der Waals surface area contributed by atoms with Crippen LogP contribution in [0.25, 0.3) is 0 Å². The molecule has 3 atom stereocenters. The molecule has 18 heavy (non-hydrogen) atoms. The third-order valence-electron chi connectivity index (χ3n) is 3.53. The lowest BCUT2D eigenvalue weighted by Crippen LogP contribution is -2.53. The Bertz CT molecular complexity index is 513. The molecule has 0 amide bonds. The number of carbonyl (C=O) groups excluding carboxylic acids is 2. The van der Waals surface area contributed by atoms with Gasteiger partial charge in [0.2, 0.25) is 0 Å². The van der Waals surface area contributed by atoms with E-state index in [0.717, 1.165) is 4.48 Å². The van der Waals surface area contributed by atoms with Gasteiger partial charge < -0.3 is 9.47 Å². The predicted molar refractivity (Wildman–Crippen MR) is 65.4 cm³/mol. The summed E-state index contributed by atoms with van der Waals surface area (Å²) >= 11 is 3.38. The average Bonchev–Trinajstić information content (AvgIpc) is 2.41. The average molecular weight is 311 g/mol. The summed E-state index contributed by atoms with van der Waals surface area (Å²) in [4.78, 5) is 24.1. The molecular formula is C13H11BrO4. The van der Waals surface area contributed by atoms with E-state index in [4.69, 9.17) is 9.47 Å². The number of esters is 2. The molecule has 0 aromatic heterocycles. The monoisotopic (exact) mass is 310 g/mol. The molecule has 0 radical (unpaired) electrons. The minimum absolute atomic E-state index is 0.343. The van der Waals surface area contributed by atoms with Gasteiger partial charge in [-0.15, -0.1) is 5.92 Å². The Morgan fingerprint density at radius 2 is 2.28 bits per heavy atom. The van der Waals surface area contributed by atoms with Gasteiger partial charge in [-0.2, -0.15) is 0 Å². The van der Waals surface area contributed by atoms with E-state index in [0.29, 0.717) is 25.9 Å². The zero-order valence-electron chi connectivity index (χ0n) is 9.57. The van der Waals surface area contributed by atoms with E-state index < -0.39 is 17.3 Å². The summed E-state index contributed by atoms with van der Waals surface area (Å²) in [7, 11) is 0. The van der Waals surface area contributed by atoms with Crippen molar-refractivity contribution in [2.75, 3.05) is 6.61 Å². The SMILES string of the molecule is O=C1OCCCC#C[C@]23C=C(Br)[C@H](C[C@@H]12)OC3=O. The largest absolute Gasteiger partial charge is 0.465 e. The van der Waals surface area contributed by atoms with Gasteiger partial charge in [0.15, 0.2) is 5.41 Å². The third kappa shape index (κ3) is 1.59. The fourth-order valence-electron chi connectivity index (χ4n) is 2.55. The molecule has 1 saturated heterocycles. The third-order valence-corrected chi connectivity index (χ3v) is 4.27. The first kappa shape index (κ1) is 11.8. The Balaban J connectivity index is 2.13. The Labute approximate surface area is 113 Å². The van der Waals surface area contributed by atoms with Gasteiger partial charge in [-0.3, -0.25) is 9.59 Å². The number of carbonyl (C=O) groups is 2. The van der Waals surface area contributed by atoms with Crippen LogP contribution in [0.2, 0.25) is 0 Å². The number of hydrogen-bond acceptors (Lipinski definition) is 4. The van der Waals surface area contributed by atoms with Crippen molar-refractivity contribution in [1.82, 2.24) is 0 Å². The molecular weight excluding hydrogens is 300 g/mol. The molecule has 1 spiro atoms. The van der Waals surface area contributed by atoms with Crippen LogP contribution in [0.15, 0.2) is 10.6 Å². The standard InChI is InChI=1S/C13H11BrO4/c14-9-7-13-4-2-1-3-5-17-11(15)8(13)6-10(9)18-12(13)16/h7-8,10H,1,3,5-6H2/t8-,10-,13-/m0/s1. The zero-order valence-corrected chi connectivity index (χ0v) is 11.2. The Morgan fingerprint density at radius 1 is 1.44 bits per heavy atom. The molecule has 2 bridgehead atoms. The lowest BCUT2D eigenvalue weighted by molar-refractivity contribution is -0.177. The molecule has 94 valence electrons. The second-order valence-corrected chi connectivity index (χ2v) is 5.57. The lowest BCUT2D eigenvalue weighted by atomic mass is 9.67. The summed E-state index contributed by atoms with van der Waals surface area (Å²) in [6.45, 7) is 0.366. The first-order valence-corrected chi connectivity index (χ1v) is 6.69. The van der Waals surface area contributed by atoms with Crippen molar-refractivity contribution in [3.8, 4) is 11.8 Å². The van der Waals surface area contributed by atoms with Crippen LogP contribution in [0, 0.1) is 23.2 Å². The summed E-state index contributed by atoms with van der Waals surface area (Å²) in [5.41, 5.74) is -1.16. The second kappa shape index (κ2) is 4.13. The van der Waals surface area contributed by atoms with Gasteiger partial charge in [-0.25, -0.2) is 0 Å². The van der Waals surface area contributed by atoms with Crippen molar-refractivity contribution in [2.24, 2.45) is 11.3 Å². The van der Waals surface area contributed by atoms with Crippen molar-refractivity contribution in [3.05, 3.63) is 10.6 Å². The van der Waals surface area contributed by atoms with Gasteiger partial charge in [-0.05, 0) is 12.5 Å². The van der Waals surface area contributed by atoms with Crippen molar-refractivity contribution in [2.45, 2.75) is 25.4 Å². The molecule has 0 N–H and O–H groups in total. The van der Waals surface area contributed by atoms with Crippen molar-refractivity contribution in [1.29, 1.82) is 0 Å². The maximum Gasteiger partial charge on any atom is 0.329 e. The van der Waals surface area contributed by atoms with Crippen LogP contribution in [-0.4, -0.2) is 24.6 Å². The van der Waals surface area contributed by atoms with E-state index in [2.05, 4.69) is 27.8 Å². The van der Waals surface area contributed by atoms with E-state index in [1.807, 2.05) is 0 Å². The molecule has 3 heterocycles. The minimum atomic E-state index is -1.16. The minimum Gasteiger partial charge on any atom is -0.465 e. The number of ether oxygens (including phenoxy) is 2. The predicted octanol–water partition coefficient (Wildman–Crippen LogP) is 1.54. The summed E-state index contributed by atoms with van der Waals surface area (Å²) in [6.07, 6.45) is 3.10. The van der Waals surface area contributed by atoms with E-state index in [1.54, 1.807) is 6.08 Å². The molecule has 0 saturated carbocycles. The Morgan fingerprint density at radius 3 is 3.11 bits per heavy atom. The Hall–Kier alpha value is -1.28. The molecule has 1 aliphatic carbocycles. The van der Waals surface area contributed by atoms with Gasteiger partial charge in [0.25, 0.3) is 0 Å². The first-order valence-electron chi connectivity index (χ1n) is 5.89. The van der Waals surface area contributed by atoms with Gasteiger partial charge in [-0.1, -0.05) is 21.9 Å². The number of rotatable bonds is 0.